The van der Waals surface area contributed by atoms with Gasteiger partial charge >= 0.3 is 0 Å². The van der Waals surface area contributed by atoms with E-state index in [0.29, 0.717) is 17.4 Å². The molecule has 0 spiro atoms. The van der Waals surface area contributed by atoms with Crippen LogP contribution in [0.4, 0.5) is 5.13 Å². The van der Waals surface area contributed by atoms with Crippen molar-refractivity contribution in [3.8, 4) is 5.75 Å². The summed E-state index contributed by atoms with van der Waals surface area (Å²) in [7, 11) is 0. The number of nitrogens with zero attached hydrogens (tertiary/aromatic N) is 2. The highest BCUT2D eigenvalue weighted by Crippen LogP contribution is 2.30. The lowest BCUT2D eigenvalue weighted by atomic mass is 10.2. The van der Waals surface area contributed by atoms with Crippen molar-refractivity contribution in [1.82, 2.24) is 4.98 Å². The van der Waals surface area contributed by atoms with Gasteiger partial charge in [-0.25, -0.2) is 4.98 Å². The van der Waals surface area contributed by atoms with Gasteiger partial charge in [0.15, 0.2) is 11.7 Å². The fourth-order valence-corrected chi connectivity index (χ4v) is 4.26. The van der Waals surface area contributed by atoms with Crippen LogP contribution in [-0.2, 0) is 9.53 Å². The Morgan fingerprint density at radius 3 is 2.81 bits per heavy atom. The summed E-state index contributed by atoms with van der Waals surface area (Å²) in [5.74, 6) is 0.542. The Balaban J connectivity index is 1.52. The number of halogens is 1. The molecule has 7 heteroatoms. The number of hydrogen-bond acceptors (Lipinski definition) is 5. The second-order valence-electron chi connectivity index (χ2n) is 6.35. The lowest BCUT2D eigenvalue weighted by molar-refractivity contribution is -0.120. The Hall–Kier alpha value is -1.96. The largest absolute Gasteiger partial charge is 0.484 e. The molecule has 0 radical (unpaired) electrons. The van der Waals surface area contributed by atoms with E-state index in [2.05, 4.69) is 20.9 Å². The second kappa shape index (κ2) is 8.37. The van der Waals surface area contributed by atoms with Crippen LogP contribution in [0.15, 0.2) is 53.0 Å². The number of amides is 1. The molecule has 0 aliphatic carbocycles. The number of fused-ring (bicyclic) bond motifs is 1. The predicted octanol–water partition coefficient (Wildman–Crippen LogP) is 4.65. The summed E-state index contributed by atoms with van der Waals surface area (Å²) in [6.07, 6.45) is 2.04. The van der Waals surface area contributed by atoms with Gasteiger partial charge in [-0.2, -0.15) is 0 Å². The molecular weight excluding hydrogens is 428 g/mol. The number of anilines is 1. The Kier molecular flexibility index (Phi) is 5.71. The fourth-order valence-electron chi connectivity index (χ4n) is 3.01. The van der Waals surface area contributed by atoms with Crippen molar-refractivity contribution in [3.63, 3.8) is 0 Å². The summed E-state index contributed by atoms with van der Waals surface area (Å²) >= 11 is 4.91. The highest BCUT2D eigenvalue weighted by Gasteiger charge is 2.26. The van der Waals surface area contributed by atoms with Crippen molar-refractivity contribution >= 4 is 48.5 Å². The Morgan fingerprint density at radius 2 is 2.07 bits per heavy atom. The van der Waals surface area contributed by atoms with Gasteiger partial charge in [-0.1, -0.05) is 39.4 Å². The van der Waals surface area contributed by atoms with Crippen molar-refractivity contribution in [1.29, 1.82) is 0 Å². The van der Waals surface area contributed by atoms with Gasteiger partial charge < -0.3 is 9.47 Å². The molecule has 27 heavy (non-hydrogen) atoms. The molecule has 1 fully saturated rings. The molecule has 3 aromatic rings. The maximum Gasteiger partial charge on any atom is 0.266 e. The number of aromatic nitrogens is 1. The molecule has 1 aliphatic heterocycles. The average Bonchev–Trinajstić information content (AvgIpc) is 3.34. The Labute approximate surface area is 170 Å². The highest BCUT2D eigenvalue weighted by atomic mass is 79.9. The van der Waals surface area contributed by atoms with E-state index in [1.165, 1.54) is 11.3 Å². The molecule has 0 N–H and O–H groups in total. The molecule has 1 aliphatic rings. The number of carbonyl (C=O) groups excluding carboxylic acids is 1. The van der Waals surface area contributed by atoms with Gasteiger partial charge in [-0.05, 0) is 49.2 Å². The predicted molar refractivity (Wildman–Crippen MR) is 111 cm³/mol. The van der Waals surface area contributed by atoms with Crippen LogP contribution >= 0.6 is 27.3 Å². The summed E-state index contributed by atoms with van der Waals surface area (Å²) in [6, 6.07) is 15.3. The van der Waals surface area contributed by atoms with Gasteiger partial charge in [-0.15, -0.1) is 0 Å². The van der Waals surface area contributed by atoms with Gasteiger partial charge in [0.1, 0.15) is 5.75 Å². The molecule has 1 atom stereocenters. The molecule has 1 aromatic heterocycles. The van der Waals surface area contributed by atoms with Crippen LogP contribution in [0.5, 0.6) is 5.75 Å². The number of ether oxygens (including phenoxy) is 2. The standard InChI is InChI=1S/C20H19BrN2O3S/c21-14-7-9-15(10-8-14)26-13-19(24)23(12-16-4-3-11-25-16)20-22-17-5-1-2-6-18(17)27-20/h1-2,5-10,16H,3-4,11-13H2/t16-/m1/s1. The van der Waals surface area contributed by atoms with Crippen LogP contribution in [0, 0.1) is 0 Å². The van der Waals surface area contributed by atoms with E-state index in [0.717, 1.165) is 34.1 Å². The maximum absolute atomic E-state index is 13.0. The first kappa shape index (κ1) is 18.4. The van der Waals surface area contributed by atoms with Crippen LogP contribution in [0.25, 0.3) is 10.2 Å². The number of hydrogen-bond donors (Lipinski definition) is 0. The van der Waals surface area contributed by atoms with Gasteiger partial charge in [0.05, 0.1) is 22.9 Å². The summed E-state index contributed by atoms with van der Waals surface area (Å²) in [6.45, 7) is 1.22. The third-order valence-corrected chi connectivity index (χ3v) is 5.99. The molecule has 2 aromatic carbocycles. The summed E-state index contributed by atoms with van der Waals surface area (Å²) in [5, 5.41) is 0.691. The van der Waals surface area contributed by atoms with Gasteiger partial charge in [0.25, 0.3) is 5.91 Å². The molecule has 0 saturated carbocycles. The smallest absolute Gasteiger partial charge is 0.266 e. The molecule has 140 valence electrons. The molecule has 4 rings (SSSR count). The maximum atomic E-state index is 13.0. The van der Waals surface area contributed by atoms with Crippen LogP contribution < -0.4 is 9.64 Å². The minimum atomic E-state index is -0.118. The minimum absolute atomic E-state index is 0.0374. The minimum Gasteiger partial charge on any atom is -0.484 e. The van der Waals surface area contributed by atoms with E-state index in [9.17, 15) is 4.79 Å². The SMILES string of the molecule is O=C(COc1ccc(Br)cc1)N(C[C@H]1CCCO1)c1nc2ccccc2s1. The Morgan fingerprint density at radius 1 is 1.26 bits per heavy atom. The van der Waals surface area contributed by atoms with E-state index in [4.69, 9.17) is 9.47 Å². The van der Waals surface area contributed by atoms with Crippen LogP contribution in [-0.4, -0.2) is 36.8 Å². The van der Waals surface area contributed by atoms with Gasteiger partial charge in [-0.3, -0.25) is 9.69 Å². The molecule has 2 heterocycles. The van der Waals surface area contributed by atoms with Gasteiger partial charge in [0, 0.05) is 11.1 Å². The van der Waals surface area contributed by atoms with E-state index in [-0.39, 0.29) is 18.6 Å². The molecule has 0 bridgehead atoms. The molecule has 0 unspecified atom stereocenters. The molecule has 1 amide bonds. The van der Waals surface area contributed by atoms with Crippen molar-refractivity contribution < 1.29 is 14.3 Å². The van der Waals surface area contributed by atoms with Crippen LogP contribution in [0.3, 0.4) is 0 Å². The quantitative estimate of drug-likeness (QED) is 0.552. The number of rotatable bonds is 6. The van der Waals surface area contributed by atoms with Crippen molar-refractivity contribution in [2.75, 3.05) is 24.7 Å². The third-order valence-electron chi connectivity index (χ3n) is 4.40. The van der Waals surface area contributed by atoms with E-state index < -0.39 is 0 Å². The van der Waals surface area contributed by atoms with Gasteiger partial charge in [0.2, 0.25) is 0 Å². The zero-order valence-corrected chi connectivity index (χ0v) is 17.0. The Bertz CT molecular complexity index is 889. The van der Waals surface area contributed by atoms with E-state index in [1.807, 2.05) is 48.5 Å². The molecule has 5 nitrogen and oxygen atoms in total. The summed E-state index contributed by atoms with van der Waals surface area (Å²) < 4.78 is 13.5. The van der Waals surface area contributed by atoms with Crippen molar-refractivity contribution in [3.05, 3.63) is 53.0 Å². The first-order valence-corrected chi connectivity index (χ1v) is 10.5. The monoisotopic (exact) mass is 446 g/mol. The van der Waals surface area contributed by atoms with Crippen LogP contribution in [0.1, 0.15) is 12.8 Å². The number of benzene rings is 2. The second-order valence-corrected chi connectivity index (χ2v) is 8.27. The highest BCUT2D eigenvalue weighted by molar-refractivity contribution is 9.10. The fraction of sp³-hybridized carbons (Fsp3) is 0.300. The van der Waals surface area contributed by atoms with Crippen LogP contribution in [0.2, 0.25) is 0 Å². The molecular formula is C20H19BrN2O3S. The van der Waals surface area contributed by atoms with E-state index in [1.54, 1.807) is 4.90 Å². The first-order chi connectivity index (χ1) is 13.2. The lowest BCUT2D eigenvalue weighted by Gasteiger charge is -2.23. The topological polar surface area (TPSA) is 51.7 Å². The first-order valence-electron chi connectivity index (χ1n) is 8.85. The normalized spacial score (nSPS) is 16.6. The zero-order chi connectivity index (χ0) is 18.6. The zero-order valence-electron chi connectivity index (χ0n) is 14.6. The lowest BCUT2D eigenvalue weighted by Crippen LogP contribution is -2.40. The number of thiazole rings is 1. The summed E-state index contributed by atoms with van der Waals surface area (Å²) in [5.41, 5.74) is 0.900. The number of carbonyl (C=O) groups is 1. The summed E-state index contributed by atoms with van der Waals surface area (Å²) in [4.78, 5) is 19.3. The third kappa shape index (κ3) is 4.48. The van der Waals surface area contributed by atoms with Crippen molar-refractivity contribution in [2.45, 2.75) is 18.9 Å². The van der Waals surface area contributed by atoms with Crippen molar-refractivity contribution in [2.24, 2.45) is 0 Å². The number of para-hydroxylation sites is 1. The molecule has 1 saturated heterocycles. The average molecular weight is 447 g/mol. The van der Waals surface area contributed by atoms with E-state index >= 15 is 0 Å².